The van der Waals surface area contributed by atoms with E-state index in [1.54, 1.807) is 12.3 Å². The van der Waals surface area contributed by atoms with Crippen molar-refractivity contribution in [1.82, 2.24) is 0 Å². The van der Waals surface area contributed by atoms with Gasteiger partial charge >= 0.3 is 0 Å². The van der Waals surface area contributed by atoms with Gasteiger partial charge in [0.05, 0.1) is 11.9 Å². The van der Waals surface area contributed by atoms with Crippen LogP contribution in [0.5, 0.6) is 0 Å². The van der Waals surface area contributed by atoms with Gasteiger partial charge in [-0.1, -0.05) is 25.1 Å². The SMILES string of the molecule is CCN1c2cc(F)c(/C=N\Nc3ccccc3)cc2C(C)CC1(C)C. The molecule has 0 aromatic heterocycles. The van der Waals surface area contributed by atoms with Gasteiger partial charge in [0.2, 0.25) is 0 Å². The molecule has 0 fully saturated rings. The van der Waals surface area contributed by atoms with Crippen LogP contribution in [0.1, 0.15) is 51.2 Å². The molecule has 3 nitrogen and oxygen atoms in total. The Morgan fingerprint density at radius 3 is 2.68 bits per heavy atom. The molecule has 4 heteroatoms. The van der Waals surface area contributed by atoms with E-state index in [9.17, 15) is 4.39 Å². The molecule has 2 aromatic rings. The van der Waals surface area contributed by atoms with E-state index in [1.165, 1.54) is 5.56 Å². The maximum Gasteiger partial charge on any atom is 0.134 e. The molecular weight excluding hydrogens is 313 g/mol. The van der Waals surface area contributed by atoms with Crippen LogP contribution in [0.15, 0.2) is 47.6 Å². The smallest absolute Gasteiger partial charge is 0.134 e. The lowest BCUT2D eigenvalue weighted by atomic mass is 9.79. The first-order valence-corrected chi connectivity index (χ1v) is 8.87. The molecule has 0 bridgehead atoms. The molecule has 0 radical (unpaired) electrons. The van der Waals surface area contributed by atoms with E-state index < -0.39 is 0 Å². The predicted molar refractivity (Wildman–Crippen MR) is 104 cm³/mol. The van der Waals surface area contributed by atoms with Gasteiger partial charge in [0.15, 0.2) is 0 Å². The third-order valence-corrected chi connectivity index (χ3v) is 4.99. The zero-order chi connectivity index (χ0) is 18.0. The molecule has 1 aliphatic rings. The third-order valence-electron chi connectivity index (χ3n) is 4.99. The molecule has 1 aliphatic heterocycles. The quantitative estimate of drug-likeness (QED) is 0.598. The topological polar surface area (TPSA) is 27.6 Å². The first kappa shape index (κ1) is 17.5. The second-order valence-electron chi connectivity index (χ2n) is 7.33. The highest BCUT2D eigenvalue weighted by molar-refractivity contribution is 5.83. The summed E-state index contributed by atoms with van der Waals surface area (Å²) in [6.45, 7) is 9.67. The summed E-state index contributed by atoms with van der Waals surface area (Å²) in [5, 5.41) is 4.19. The molecule has 0 saturated heterocycles. The number of nitrogens with one attached hydrogen (secondary N) is 1. The Hall–Kier alpha value is -2.36. The van der Waals surface area contributed by atoms with Crippen molar-refractivity contribution in [3.63, 3.8) is 0 Å². The third kappa shape index (κ3) is 3.53. The van der Waals surface area contributed by atoms with Gasteiger partial charge in [0, 0.05) is 23.3 Å². The Morgan fingerprint density at radius 1 is 1.28 bits per heavy atom. The number of hydrogen-bond donors (Lipinski definition) is 1. The van der Waals surface area contributed by atoms with Crippen molar-refractivity contribution in [2.24, 2.45) is 5.10 Å². The molecule has 0 amide bonds. The molecule has 0 aliphatic carbocycles. The summed E-state index contributed by atoms with van der Waals surface area (Å²) in [7, 11) is 0. The largest absolute Gasteiger partial charge is 0.366 e. The molecule has 0 saturated carbocycles. The van der Waals surface area contributed by atoms with Crippen molar-refractivity contribution < 1.29 is 4.39 Å². The van der Waals surface area contributed by atoms with Crippen LogP contribution in [0.3, 0.4) is 0 Å². The predicted octanol–water partition coefficient (Wildman–Crippen LogP) is 5.38. The van der Waals surface area contributed by atoms with Crippen molar-refractivity contribution in [3.8, 4) is 0 Å². The highest BCUT2D eigenvalue weighted by atomic mass is 19.1. The van der Waals surface area contributed by atoms with Crippen molar-refractivity contribution in [2.75, 3.05) is 16.9 Å². The minimum absolute atomic E-state index is 0.0398. The fourth-order valence-electron chi connectivity index (χ4n) is 3.91. The minimum Gasteiger partial charge on any atom is -0.366 e. The van der Waals surface area contributed by atoms with Crippen LogP contribution >= 0.6 is 0 Å². The van der Waals surface area contributed by atoms with Gasteiger partial charge in [0.1, 0.15) is 5.82 Å². The summed E-state index contributed by atoms with van der Waals surface area (Å²) in [6.07, 6.45) is 2.61. The van der Waals surface area contributed by atoms with Crippen molar-refractivity contribution in [3.05, 3.63) is 59.4 Å². The first-order chi connectivity index (χ1) is 11.9. The molecule has 1 N–H and O–H groups in total. The minimum atomic E-state index is -0.235. The van der Waals surface area contributed by atoms with Crippen LogP contribution in [-0.4, -0.2) is 18.3 Å². The fraction of sp³-hybridized carbons (Fsp3) is 0.381. The van der Waals surface area contributed by atoms with Crippen LogP contribution in [0.4, 0.5) is 15.8 Å². The Labute approximate surface area is 149 Å². The number of nitrogens with zero attached hydrogens (tertiary/aromatic N) is 2. The van der Waals surface area contributed by atoms with Gasteiger partial charge in [-0.2, -0.15) is 5.10 Å². The fourth-order valence-corrected chi connectivity index (χ4v) is 3.91. The Balaban J connectivity index is 1.90. The number of rotatable bonds is 4. The number of benzene rings is 2. The van der Waals surface area contributed by atoms with Crippen molar-refractivity contribution >= 4 is 17.6 Å². The lowest BCUT2D eigenvalue weighted by Crippen LogP contribution is -2.48. The Kier molecular flexibility index (Phi) is 4.80. The Morgan fingerprint density at radius 2 is 2.00 bits per heavy atom. The van der Waals surface area contributed by atoms with Crippen LogP contribution in [0, 0.1) is 5.82 Å². The van der Waals surface area contributed by atoms with E-state index in [-0.39, 0.29) is 11.4 Å². The highest BCUT2D eigenvalue weighted by Gasteiger charge is 2.36. The monoisotopic (exact) mass is 339 g/mol. The Bertz CT molecular complexity index is 768. The van der Waals surface area contributed by atoms with Gasteiger partial charge < -0.3 is 4.90 Å². The summed E-state index contributed by atoms with van der Waals surface area (Å²) in [5.41, 5.74) is 6.58. The van der Waals surface area contributed by atoms with Gasteiger partial charge in [-0.25, -0.2) is 4.39 Å². The molecule has 1 unspecified atom stereocenters. The second-order valence-corrected chi connectivity index (χ2v) is 7.33. The molecular formula is C21H26FN3. The summed E-state index contributed by atoms with van der Waals surface area (Å²) in [4.78, 5) is 2.30. The average Bonchev–Trinajstić information content (AvgIpc) is 2.56. The second kappa shape index (κ2) is 6.87. The van der Waals surface area contributed by atoms with Crippen LogP contribution in [-0.2, 0) is 0 Å². The summed E-state index contributed by atoms with van der Waals surface area (Å²) >= 11 is 0. The van der Waals surface area contributed by atoms with Crippen molar-refractivity contribution in [1.29, 1.82) is 0 Å². The number of para-hydroxylation sites is 1. The number of hydrogen-bond acceptors (Lipinski definition) is 3. The molecule has 132 valence electrons. The molecule has 25 heavy (non-hydrogen) atoms. The van der Waals surface area contributed by atoms with Gasteiger partial charge in [-0.05, 0) is 62.9 Å². The van der Waals surface area contributed by atoms with E-state index in [0.717, 1.165) is 24.3 Å². The van der Waals surface area contributed by atoms with Gasteiger partial charge in [-0.3, -0.25) is 5.43 Å². The average molecular weight is 339 g/mol. The van der Waals surface area contributed by atoms with Gasteiger partial charge in [0.25, 0.3) is 0 Å². The number of anilines is 2. The van der Waals surface area contributed by atoms with Crippen LogP contribution < -0.4 is 10.3 Å². The molecule has 3 rings (SSSR count). The lowest BCUT2D eigenvalue weighted by molar-refractivity contribution is 0.380. The zero-order valence-corrected chi connectivity index (χ0v) is 15.4. The normalized spacial score (nSPS) is 19.1. The maximum atomic E-state index is 14.6. The molecule has 1 heterocycles. The number of fused-ring (bicyclic) bond motifs is 1. The van der Waals surface area contributed by atoms with Crippen molar-refractivity contribution in [2.45, 2.75) is 45.6 Å². The van der Waals surface area contributed by atoms with E-state index >= 15 is 0 Å². The van der Waals surface area contributed by atoms with Crippen LogP contribution in [0.2, 0.25) is 0 Å². The lowest BCUT2D eigenvalue weighted by Gasteiger charge is -2.47. The molecule has 0 spiro atoms. The standard InChI is InChI=1S/C21H26FN3/c1-5-25-20-12-19(22)16(11-18(20)15(2)13-21(25,3)4)14-23-24-17-9-7-6-8-10-17/h6-12,14-15,24H,5,13H2,1-4H3/b23-14-. The molecule has 2 aromatic carbocycles. The first-order valence-electron chi connectivity index (χ1n) is 8.87. The summed E-state index contributed by atoms with van der Waals surface area (Å²) < 4.78 is 14.6. The maximum absolute atomic E-state index is 14.6. The van der Waals surface area contributed by atoms with E-state index in [0.29, 0.717) is 11.5 Å². The van der Waals surface area contributed by atoms with E-state index in [4.69, 9.17) is 0 Å². The zero-order valence-electron chi connectivity index (χ0n) is 15.4. The van der Waals surface area contributed by atoms with Gasteiger partial charge in [-0.15, -0.1) is 0 Å². The number of hydrazone groups is 1. The molecule has 1 atom stereocenters. The van der Waals surface area contributed by atoms with E-state index in [1.807, 2.05) is 36.4 Å². The number of halogens is 1. The summed E-state index contributed by atoms with van der Waals surface area (Å²) in [5.74, 6) is 0.156. The van der Waals surface area contributed by atoms with Crippen LogP contribution in [0.25, 0.3) is 0 Å². The highest BCUT2D eigenvalue weighted by Crippen LogP contribution is 2.43. The summed E-state index contributed by atoms with van der Waals surface area (Å²) in [6, 6.07) is 13.3. The van der Waals surface area contributed by atoms with E-state index in [2.05, 4.69) is 43.1 Å².